The highest BCUT2D eigenvalue weighted by Crippen LogP contribution is 2.75. The summed E-state index contributed by atoms with van der Waals surface area (Å²) in [6.07, 6.45) is 13.8. The Morgan fingerprint density at radius 3 is 2.32 bits per heavy atom. The summed E-state index contributed by atoms with van der Waals surface area (Å²) in [7, 11) is 0. The van der Waals surface area contributed by atoms with Crippen LogP contribution in [0.1, 0.15) is 111 Å². The number of carboxylic acids is 2. The predicted molar refractivity (Wildman–Crippen MR) is 200 cm³/mol. The van der Waals surface area contributed by atoms with Gasteiger partial charge in [0, 0.05) is 46.7 Å². The van der Waals surface area contributed by atoms with Gasteiger partial charge in [-0.3, -0.25) is 14.4 Å². The number of ketones is 1. The number of phenols is 1. The monoisotopic (exact) mass is 729 g/mol. The molecule has 0 saturated heterocycles. The molecule has 10 nitrogen and oxygen atoms in total. The van der Waals surface area contributed by atoms with E-state index in [1.54, 1.807) is 0 Å². The van der Waals surface area contributed by atoms with Crippen molar-refractivity contribution in [3.8, 4) is 5.75 Å². The number of ether oxygens (including phenoxy) is 1. The molecule has 286 valence electrons. The fraction of sp³-hybridized carbons (Fsp3) is 0.605. The minimum absolute atomic E-state index is 0.0418. The van der Waals surface area contributed by atoms with Gasteiger partial charge in [-0.2, -0.15) is 0 Å². The summed E-state index contributed by atoms with van der Waals surface area (Å²) in [5.41, 5.74) is -0.670. The minimum Gasteiger partial charge on any atom is -0.508 e. The van der Waals surface area contributed by atoms with Gasteiger partial charge in [-0.15, -0.1) is 0 Å². The first kappa shape index (κ1) is 38.5. The van der Waals surface area contributed by atoms with E-state index in [0.29, 0.717) is 43.1 Å². The van der Waals surface area contributed by atoms with Crippen molar-refractivity contribution in [3.05, 3.63) is 53.6 Å². The summed E-state index contributed by atoms with van der Waals surface area (Å²) in [5.74, 6) is -2.84. The van der Waals surface area contributed by atoms with Crippen LogP contribution in [-0.2, 0) is 28.7 Å². The number of nitrogens with one attached hydrogen (secondary N) is 1. The molecule has 0 aromatic heterocycles. The second-order valence-corrected chi connectivity index (χ2v) is 18.4. The standard InChI is InChI=1S/C43H55NO9/c1-38(2)19-20-42(37(51)52)21-22-43(25-53-36(50)14-7-26-23-27(45)8-10-30(26)44-34(47)12-13-35(48)49)28(29(42)24-38)9-11-32-40(5)17-16-33(46)39(3,4)31(40)15-18-41(32,43)6/h7-10,12-14,23,29,31-32,45H,11,15-22,24-25H2,1-6H3,(H,44,47)(H,48,49)(H,51,52)/b13-12+,14-7+/t29-,31?,32?,40+,41-,42+,43+/m1/s1. The zero-order chi connectivity index (χ0) is 38.8. The first-order chi connectivity index (χ1) is 24.7. The van der Waals surface area contributed by atoms with E-state index in [2.05, 4.69) is 52.9 Å². The molecule has 5 aliphatic rings. The van der Waals surface area contributed by atoms with Crippen LogP contribution in [0, 0.1) is 50.2 Å². The SMILES string of the molecule is CC1(C)CC[C@]2(C(=O)O)CC[C@]3(COC(=O)/C=C/c4cc(O)ccc4NC(=O)/C=C/C(=O)O)C(=CCC4[C@@]5(C)CCC(=O)C(C)(C)C5CC[C@]43C)[C@H]2C1. The molecule has 0 heterocycles. The Bertz CT molecular complexity index is 1820. The highest BCUT2D eigenvalue weighted by atomic mass is 16.5. The third-order valence-electron chi connectivity index (χ3n) is 15.0. The van der Waals surface area contributed by atoms with Crippen molar-refractivity contribution >= 4 is 41.4 Å². The summed E-state index contributed by atoms with van der Waals surface area (Å²) in [6.45, 7) is 13.5. The Kier molecular flexibility index (Phi) is 9.64. The molecule has 10 heteroatoms. The Morgan fingerprint density at radius 1 is 0.906 bits per heavy atom. The molecule has 4 saturated carbocycles. The summed E-state index contributed by atoms with van der Waals surface area (Å²) in [6, 6.07) is 4.19. The highest BCUT2D eigenvalue weighted by molar-refractivity contribution is 6.03. The molecular weight excluding hydrogens is 674 g/mol. The van der Waals surface area contributed by atoms with E-state index < -0.39 is 40.1 Å². The number of carbonyl (C=O) groups excluding carboxylic acids is 3. The van der Waals surface area contributed by atoms with E-state index in [1.165, 1.54) is 30.4 Å². The molecule has 1 aromatic rings. The number of aliphatic carboxylic acids is 2. The Balaban J connectivity index is 1.36. The number of phenolic OH excluding ortho intramolecular Hbond substituents is 1. The van der Waals surface area contributed by atoms with Gasteiger partial charge in [0.05, 0.1) is 5.41 Å². The normalized spacial score (nSPS) is 35.6. The van der Waals surface area contributed by atoms with Gasteiger partial charge in [0.25, 0.3) is 0 Å². The largest absolute Gasteiger partial charge is 0.508 e. The van der Waals surface area contributed by atoms with Crippen LogP contribution in [0.3, 0.4) is 0 Å². The quantitative estimate of drug-likeness (QED) is 0.0898. The van der Waals surface area contributed by atoms with Crippen LogP contribution < -0.4 is 5.32 Å². The maximum atomic E-state index is 13.7. The molecule has 0 radical (unpaired) electrons. The number of esters is 1. The molecule has 5 aliphatic carbocycles. The maximum Gasteiger partial charge on any atom is 0.330 e. The lowest BCUT2D eigenvalue weighted by atomic mass is 9.33. The van der Waals surface area contributed by atoms with Gasteiger partial charge in [-0.05, 0) is 116 Å². The Hall–Kier alpha value is -4.21. The van der Waals surface area contributed by atoms with Crippen LogP contribution >= 0.6 is 0 Å². The van der Waals surface area contributed by atoms with Gasteiger partial charge in [0.1, 0.15) is 18.1 Å². The summed E-state index contributed by atoms with van der Waals surface area (Å²) in [5, 5.41) is 32.5. The third kappa shape index (κ3) is 6.33. The number of fused-ring (bicyclic) bond motifs is 7. The molecule has 53 heavy (non-hydrogen) atoms. The summed E-state index contributed by atoms with van der Waals surface area (Å²) < 4.78 is 6.25. The van der Waals surface area contributed by atoms with Crippen molar-refractivity contribution in [2.24, 2.45) is 50.2 Å². The molecule has 4 N–H and O–H groups in total. The highest BCUT2D eigenvalue weighted by Gasteiger charge is 2.71. The zero-order valence-corrected chi connectivity index (χ0v) is 31.9. The number of rotatable bonds is 8. The van der Waals surface area contributed by atoms with Crippen LogP contribution in [0.2, 0.25) is 0 Å². The number of carbonyl (C=O) groups is 5. The lowest BCUT2D eigenvalue weighted by molar-refractivity contribution is -0.202. The van der Waals surface area contributed by atoms with Gasteiger partial charge < -0.3 is 25.4 Å². The summed E-state index contributed by atoms with van der Waals surface area (Å²) >= 11 is 0. The van der Waals surface area contributed by atoms with E-state index in [4.69, 9.17) is 9.84 Å². The zero-order valence-electron chi connectivity index (χ0n) is 31.9. The first-order valence-electron chi connectivity index (χ1n) is 19.1. The van der Waals surface area contributed by atoms with E-state index in [-0.39, 0.29) is 52.0 Å². The van der Waals surface area contributed by atoms with Crippen molar-refractivity contribution < 1.29 is 44.0 Å². The predicted octanol–water partition coefficient (Wildman–Crippen LogP) is 7.96. The fourth-order valence-corrected chi connectivity index (χ4v) is 12.1. The summed E-state index contributed by atoms with van der Waals surface area (Å²) in [4.78, 5) is 63.4. The van der Waals surface area contributed by atoms with Gasteiger partial charge in [-0.25, -0.2) is 9.59 Å². The van der Waals surface area contributed by atoms with Crippen molar-refractivity contribution in [2.45, 2.75) is 106 Å². The molecule has 6 rings (SSSR count). The lowest BCUT2D eigenvalue weighted by Crippen LogP contribution is -2.66. The number of Topliss-reactive ketones (excluding diaryl/α,β-unsaturated/α-hetero) is 1. The fourth-order valence-electron chi connectivity index (χ4n) is 12.1. The van der Waals surface area contributed by atoms with E-state index in [1.807, 2.05) is 0 Å². The van der Waals surface area contributed by atoms with Crippen LogP contribution in [0.4, 0.5) is 5.69 Å². The smallest absolute Gasteiger partial charge is 0.330 e. The molecule has 2 unspecified atom stereocenters. The number of carboxylic acid groups (broad SMARTS) is 2. The number of benzene rings is 1. The molecular formula is C43H55NO9. The number of aromatic hydroxyl groups is 1. The van der Waals surface area contributed by atoms with Gasteiger partial charge >= 0.3 is 17.9 Å². The number of anilines is 1. The first-order valence-corrected chi connectivity index (χ1v) is 19.1. The van der Waals surface area contributed by atoms with Crippen LogP contribution in [0.25, 0.3) is 6.08 Å². The average Bonchev–Trinajstić information content (AvgIpc) is 3.08. The Morgan fingerprint density at radius 2 is 1.62 bits per heavy atom. The number of hydrogen-bond donors (Lipinski definition) is 4. The second kappa shape index (κ2) is 13.3. The van der Waals surface area contributed by atoms with Crippen LogP contribution in [0.15, 0.2) is 48.1 Å². The number of amides is 1. The van der Waals surface area contributed by atoms with Crippen molar-refractivity contribution in [1.82, 2.24) is 0 Å². The van der Waals surface area contributed by atoms with E-state index >= 15 is 0 Å². The average molecular weight is 730 g/mol. The van der Waals surface area contributed by atoms with Crippen LogP contribution in [-0.4, -0.2) is 51.5 Å². The van der Waals surface area contributed by atoms with E-state index in [0.717, 1.165) is 50.2 Å². The molecule has 1 amide bonds. The Labute approximate surface area is 312 Å². The lowest BCUT2D eigenvalue weighted by Gasteiger charge is -2.70. The third-order valence-corrected chi connectivity index (χ3v) is 15.0. The second-order valence-electron chi connectivity index (χ2n) is 18.4. The topological polar surface area (TPSA) is 167 Å². The minimum atomic E-state index is -1.28. The number of allylic oxidation sites excluding steroid dienone is 1. The van der Waals surface area contributed by atoms with Crippen molar-refractivity contribution in [2.75, 3.05) is 11.9 Å². The van der Waals surface area contributed by atoms with Crippen molar-refractivity contribution in [3.63, 3.8) is 0 Å². The molecule has 0 spiro atoms. The molecule has 4 fully saturated rings. The molecule has 0 aliphatic heterocycles. The maximum absolute atomic E-state index is 13.7. The van der Waals surface area contributed by atoms with E-state index in [9.17, 15) is 34.2 Å². The molecule has 0 bridgehead atoms. The number of hydrogen-bond acceptors (Lipinski definition) is 7. The molecule has 1 aromatic carbocycles. The van der Waals surface area contributed by atoms with Crippen molar-refractivity contribution in [1.29, 1.82) is 0 Å². The van der Waals surface area contributed by atoms with Gasteiger partial charge in [0.2, 0.25) is 5.91 Å². The molecule has 7 atom stereocenters. The van der Waals surface area contributed by atoms with Gasteiger partial charge in [0.15, 0.2) is 0 Å². The van der Waals surface area contributed by atoms with Crippen LogP contribution in [0.5, 0.6) is 5.75 Å². The van der Waals surface area contributed by atoms with Gasteiger partial charge in [-0.1, -0.05) is 53.2 Å².